The maximum absolute atomic E-state index is 14.0. The van der Waals surface area contributed by atoms with Gasteiger partial charge in [-0.2, -0.15) is 0 Å². The Balaban J connectivity index is 2.36. The number of thiazole rings is 1. The minimum atomic E-state index is -0.271. The van der Waals surface area contributed by atoms with E-state index in [1.54, 1.807) is 13.2 Å². The van der Waals surface area contributed by atoms with E-state index in [4.69, 9.17) is 4.74 Å². The topological polar surface area (TPSA) is 34.2 Å². The summed E-state index contributed by atoms with van der Waals surface area (Å²) in [6, 6.07) is 5.02. The first-order valence-corrected chi connectivity index (χ1v) is 7.90. The molecule has 3 nitrogen and oxygen atoms in total. The zero-order valence-electron chi connectivity index (χ0n) is 11.4. The van der Waals surface area contributed by atoms with Crippen LogP contribution in [0.2, 0.25) is 0 Å². The summed E-state index contributed by atoms with van der Waals surface area (Å²) < 4.78 is 19.9. The van der Waals surface area contributed by atoms with E-state index in [9.17, 15) is 4.39 Å². The van der Waals surface area contributed by atoms with E-state index >= 15 is 0 Å². The maximum atomic E-state index is 14.0. The Hall–Kier alpha value is -0.820. The average Bonchev–Trinajstić information content (AvgIpc) is 2.80. The number of ether oxygens (including phenoxy) is 1. The van der Waals surface area contributed by atoms with Crippen LogP contribution in [0.4, 0.5) is 4.39 Å². The standard InChI is InChI=1S/C14H16BrFN2OS/c1-3-17-7-13-12(8-19-2)18-14(20-13)10-5-4-9(15)6-11(10)16/h4-6,17H,3,7-8H2,1-2H3. The zero-order valence-corrected chi connectivity index (χ0v) is 13.8. The second-order valence-electron chi connectivity index (χ2n) is 4.23. The maximum Gasteiger partial charge on any atom is 0.134 e. The lowest BCUT2D eigenvalue weighted by atomic mass is 10.2. The molecular weight excluding hydrogens is 343 g/mol. The number of nitrogens with one attached hydrogen (secondary N) is 1. The number of hydrogen-bond acceptors (Lipinski definition) is 4. The monoisotopic (exact) mass is 358 g/mol. The predicted octanol–water partition coefficient (Wildman–Crippen LogP) is 3.97. The van der Waals surface area contributed by atoms with Gasteiger partial charge in [0.25, 0.3) is 0 Å². The minimum absolute atomic E-state index is 0.271. The summed E-state index contributed by atoms with van der Waals surface area (Å²) >= 11 is 4.76. The van der Waals surface area contributed by atoms with Crippen LogP contribution in [0.3, 0.4) is 0 Å². The highest BCUT2D eigenvalue weighted by Gasteiger charge is 2.15. The zero-order chi connectivity index (χ0) is 14.5. The van der Waals surface area contributed by atoms with E-state index in [1.807, 2.05) is 13.0 Å². The molecule has 6 heteroatoms. The van der Waals surface area contributed by atoms with Gasteiger partial charge in [-0.25, -0.2) is 9.37 Å². The summed E-state index contributed by atoms with van der Waals surface area (Å²) in [7, 11) is 1.64. The second kappa shape index (κ2) is 7.26. The molecule has 0 unspecified atom stereocenters. The van der Waals surface area contributed by atoms with Gasteiger partial charge in [0.1, 0.15) is 10.8 Å². The fourth-order valence-electron chi connectivity index (χ4n) is 1.79. The van der Waals surface area contributed by atoms with Crippen LogP contribution >= 0.6 is 27.3 Å². The van der Waals surface area contributed by atoms with Crippen molar-refractivity contribution >= 4 is 27.3 Å². The van der Waals surface area contributed by atoms with Gasteiger partial charge in [-0.05, 0) is 24.7 Å². The molecule has 0 fully saturated rings. The van der Waals surface area contributed by atoms with Gasteiger partial charge >= 0.3 is 0 Å². The summed E-state index contributed by atoms with van der Waals surface area (Å²) in [4.78, 5) is 5.60. The lowest BCUT2D eigenvalue weighted by molar-refractivity contribution is 0.181. The smallest absolute Gasteiger partial charge is 0.134 e. The fraction of sp³-hybridized carbons (Fsp3) is 0.357. The van der Waals surface area contributed by atoms with Crippen LogP contribution < -0.4 is 5.32 Å². The largest absolute Gasteiger partial charge is 0.378 e. The van der Waals surface area contributed by atoms with Gasteiger partial charge in [0.05, 0.1) is 12.3 Å². The fourth-order valence-corrected chi connectivity index (χ4v) is 3.18. The molecule has 0 saturated carbocycles. The molecule has 0 spiro atoms. The number of hydrogen-bond donors (Lipinski definition) is 1. The first-order valence-electron chi connectivity index (χ1n) is 6.29. The molecule has 1 aromatic heterocycles. The lowest BCUT2D eigenvalue weighted by Crippen LogP contribution is -2.12. The van der Waals surface area contributed by atoms with Crippen molar-refractivity contribution in [2.75, 3.05) is 13.7 Å². The Morgan fingerprint density at radius 1 is 1.45 bits per heavy atom. The number of aromatic nitrogens is 1. The van der Waals surface area contributed by atoms with Crippen LogP contribution in [0, 0.1) is 5.82 Å². The molecule has 0 aliphatic rings. The van der Waals surface area contributed by atoms with Gasteiger partial charge in [-0.15, -0.1) is 11.3 Å². The highest BCUT2D eigenvalue weighted by atomic mass is 79.9. The summed E-state index contributed by atoms with van der Waals surface area (Å²) in [5, 5.41) is 3.96. The van der Waals surface area contributed by atoms with E-state index in [0.29, 0.717) is 17.2 Å². The minimum Gasteiger partial charge on any atom is -0.378 e. The molecule has 0 radical (unpaired) electrons. The molecule has 2 aromatic rings. The number of halogens is 2. The quantitative estimate of drug-likeness (QED) is 0.848. The van der Waals surface area contributed by atoms with Crippen LogP contribution in [0.1, 0.15) is 17.5 Å². The van der Waals surface area contributed by atoms with Crippen molar-refractivity contribution in [3.63, 3.8) is 0 Å². The average molecular weight is 359 g/mol. The summed E-state index contributed by atoms with van der Waals surface area (Å²) in [6.45, 7) is 4.10. The highest BCUT2D eigenvalue weighted by Crippen LogP contribution is 2.31. The van der Waals surface area contributed by atoms with Crippen LogP contribution in [0.25, 0.3) is 10.6 Å². The van der Waals surface area contributed by atoms with Gasteiger partial charge in [0.2, 0.25) is 0 Å². The molecule has 0 aliphatic heterocycles. The van der Waals surface area contributed by atoms with E-state index in [2.05, 4.69) is 26.2 Å². The van der Waals surface area contributed by atoms with Crippen molar-refractivity contribution in [2.24, 2.45) is 0 Å². The van der Waals surface area contributed by atoms with Gasteiger partial charge in [0.15, 0.2) is 0 Å². The molecule has 1 aromatic carbocycles. The molecular formula is C14H16BrFN2OS. The van der Waals surface area contributed by atoms with Crippen molar-refractivity contribution in [1.82, 2.24) is 10.3 Å². The molecule has 0 atom stereocenters. The molecule has 2 rings (SSSR count). The van der Waals surface area contributed by atoms with Crippen molar-refractivity contribution in [1.29, 1.82) is 0 Å². The Morgan fingerprint density at radius 2 is 2.25 bits per heavy atom. The van der Waals surface area contributed by atoms with Gasteiger partial charge < -0.3 is 10.1 Å². The Labute approximate surface area is 130 Å². The van der Waals surface area contributed by atoms with Gasteiger partial charge in [-0.3, -0.25) is 0 Å². The predicted molar refractivity (Wildman–Crippen MR) is 83.3 cm³/mol. The third kappa shape index (κ3) is 3.63. The van der Waals surface area contributed by atoms with E-state index in [-0.39, 0.29) is 5.82 Å². The Morgan fingerprint density at radius 3 is 2.90 bits per heavy atom. The molecule has 0 bridgehead atoms. The van der Waals surface area contributed by atoms with E-state index < -0.39 is 0 Å². The van der Waals surface area contributed by atoms with Crippen LogP contribution in [0.15, 0.2) is 22.7 Å². The third-order valence-corrected chi connectivity index (χ3v) is 4.38. The van der Waals surface area contributed by atoms with Crippen LogP contribution in [0.5, 0.6) is 0 Å². The highest BCUT2D eigenvalue weighted by molar-refractivity contribution is 9.10. The number of methoxy groups -OCH3 is 1. The Kier molecular flexibility index (Phi) is 5.65. The van der Waals surface area contributed by atoms with Crippen LogP contribution in [-0.4, -0.2) is 18.6 Å². The van der Waals surface area contributed by atoms with Gasteiger partial charge in [-0.1, -0.05) is 22.9 Å². The normalized spacial score (nSPS) is 11.0. The Bertz CT molecular complexity index is 589. The van der Waals surface area contributed by atoms with Gasteiger partial charge in [0, 0.05) is 28.6 Å². The van der Waals surface area contributed by atoms with Crippen molar-refractivity contribution in [3.05, 3.63) is 39.1 Å². The second-order valence-corrected chi connectivity index (χ2v) is 6.23. The first kappa shape index (κ1) is 15.6. The molecule has 20 heavy (non-hydrogen) atoms. The first-order chi connectivity index (χ1) is 9.65. The van der Waals surface area contributed by atoms with Crippen molar-refractivity contribution in [2.45, 2.75) is 20.1 Å². The SMILES string of the molecule is CCNCc1sc(-c2ccc(Br)cc2F)nc1COC. The summed E-state index contributed by atoms with van der Waals surface area (Å²) in [5.74, 6) is -0.271. The molecule has 0 amide bonds. The third-order valence-electron chi connectivity index (χ3n) is 2.76. The molecule has 1 heterocycles. The van der Waals surface area contributed by atoms with Crippen molar-refractivity contribution in [3.8, 4) is 10.6 Å². The molecule has 108 valence electrons. The van der Waals surface area contributed by atoms with E-state index in [1.165, 1.54) is 17.4 Å². The summed E-state index contributed by atoms with van der Waals surface area (Å²) in [5.41, 5.74) is 1.40. The van der Waals surface area contributed by atoms with Crippen molar-refractivity contribution < 1.29 is 9.13 Å². The van der Waals surface area contributed by atoms with Crippen LogP contribution in [-0.2, 0) is 17.9 Å². The molecule has 0 aliphatic carbocycles. The molecule has 1 N–H and O–H groups in total. The molecule has 0 saturated heterocycles. The number of rotatable bonds is 6. The summed E-state index contributed by atoms with van der Waals surface area (Å²) in [6.07, 6.45) is 0. The van der Waals surface area contributed by atoms with E-state index in [0.717, 1.165) is 28.1 Å². The lowest BCUT2D eigenvalue weighted by Gasteiger charge is -2.00. The number of benzene rings is 1. The number of nitrogens with zero attached hydrogens (tertiary/aromatic N) is 1.